The second-order valence-corrected chi connectivity index (χ2v) is 8.94. The largest absolute Gasteiger partial charge is 0.324 e. The number of benzene rings is 1. The summed E-state index contributed by atoms with van der Waals surface area (Å²) >= 11 is 3.17. The van der Waals surface area contributed by atoms with Crippen molar-refractivity contribution in [2.24, 2.45) is 4.99 Å². The number of fused-ring (bicyclic) bond motifs is 1. The van der Waals surface area contributed by atoms with E-state index in [-0.39, 0.29) is 11.5 Å². The van der Waals surface area contributed by atoms with Crippen molar-refractivity contribution in [1.82, 2.24) is 14.7 Å². The molecule has 0 bridgehead atoms. The number of thioether (sulfide) groups is 1. The van der Waals surface area contributed by atoms with Crippen molar-refractivity contribution in [3.05, 3.63) is 75.2 Å². The number of nitrogens with zero attached hydrogens (tertiary/aromatic N) is 4. The van der Waals surface area contributed by atoms with Crippen molar-refractivity contribution in [2.75, 3.05) is 18.4 Å². The Balaban J connectivity index is 1.31. The molecule has 1 unspecified atom stereocenters. The number of rotatable bonds is 5. The fourth-order valence-electron chi connectivity index (χ4n) is 3.49. The first-order valence-electron chi connectivity index (χ1n) is 9.84. The van der Waals surface area contributed by atoms with E-state index in [2.05, 4.69) is 25.7 Å². The molecule has 1 N–H and O–H groups in total. The van der Waals surface area contributed by atoms with Gasteiger partial charge in [0, 0.05) is 23.7 Å². The standard InChI is InChI=1S/C22H19N5O2S2/c1-14(27-20(28)9-8-17(25-27)19-3-2-12-30-19)21(29)24-16-6-4-15(5-7-16)18-13-31-22-23-10-11-26(18)22/h2-9,12-14H,10-11H2,1H3,(H,24,29). The quantitative estimate of drug-likeness (QED) is 0.639. The monoisotopic (exact) mass is 449 g/mol. The van der Waals surface area contributed by atoms with Crippen LogP contribution in [0, 0.1) is 0 Å². The van der Waals surface area contributed by atoms with E-state index in [1.54, 1.807) is 24.8 Å². The van der Waals surface area contributed by atoms with E-state index in [1.807, 2.05) is 41.8 Å². The van der Waals surface area contributed by atoms with Crippen molar-refractivity contribution in [1.29, 1.82) is 0 Å². The Labute approximate surface area is 187 Å². The van der Waals surface area contributed by atoms with Crippen molar-refractivity contribution in [3.63, 3.8) is 0 Å². The SMILES string of the molecule is CC(C(=O)Nc1ccc(C2=CSC3=NCCN23)cc1)n1nc(-c2cccs2)ccc1=O. The molecule has 1 atom stereocenters. The molecule has 2 aromatic heterocycles. The Morgan fingerprint density at radius 3 is 2.77 bits per heavy atom. The molecule has 3 aromatic rings. The molecule has 4 heterocycles. The van der Waals surface area contributed by atoms with Crippen LogP contribution >= 0.6 is 23.1 Å². The maximum absolute atomic E-state index is 12.8. The summed E-state index contributed by atoms with van der Waals surface area (Å²) in [5.74, 6) is -0.296. The number of carbonyl (C=O) groups excluding carboxylic acids is 1. The highest BCUT2D eigenvalue weighted by molar-refractivity contribution is 8.16. The molecule has 0 aliphatic carbocycles. The zero-order chi connectivity index (χ0) is 21.4. The summed E-state index contributed by atoms with van der Waals surface area (Å²) in [5, 5.41) is 12.4. The highest BCUT2D eigenvalue weighted by Crippen LogP contribution is 2.35. The molecule has 1 amide bonds. The zero-order valence-electron chi connectivity index (χ0n) is 16.7. The first-order valence-corrected chi connectivity index (χ1v) is 11.6. The van der Waals surface area contributed by atoms with Gasteiger partial charge in [-0.2, -0.15) is 5.10 Å². The molecule has 156 valence electrons. The first kappa shape index (κ1) is 19.8. The predicted molar refractivity (Wildman–Crippen MR) is 126 cm³/mol. The van der Waals surface area contributed by atoms with E-state index in [1.165, 1.54) is 22.1 Å². The molecule has 0 radical (unpaired) electrons. The van der Waals surface area contributed by atoms with Gasteiger partial charge in [0.05, 0.1) is 17.1 Å². The van der Waals surface area contributed by atoms with Crippen molar-refractivity contribution in [2.45, 2.75) is 13.0 Å². The summed E-state index contributed by atoms with van der Waals surface area (Å²) in [6.45, 7) is 3.40. The highest BCUT2D eigenvalue weighted by atomic mass is 32.2. The summed E-state index contributed by atoms with van der Waals surface area (Å²) in [7, 11) is 0. The number of anilines is 1. The highest BCUT2D eigenvalue weighted by Gasteiger charge is 2.27. The molecule has 2 aliphatic rings. The van der Waals surface area contributed by atoms with Gasteiger partial charge in [0.1, 0.15) is 11.7 Å². The van der Waals surface area contributed by atoms with Gasteiger partial charge in [-0.3, -0.25) is 14.6 Å². The number of amides is 1. The van der Waals surface area contributed by atoms with E-state index < -0.39 is 6.04 Å². The number of nitrogens with one attached hydrogen (secondary N) is 1. The number of carbonyl (C=O) groups is 1. The Kier molecular flexibility index (Phi) is 5.21. The summed E-state index contributed by atoms with van der Waals surface area (Å²) in [6.07, 6.45) is 0. The zero-order valence-corrected chi connectivity index (χ0v) is 18.3. The summed E-state index contributed by atoms with van der Waals surface area (Å²) in [6, 6.07) is 13.9. The maximum Gasteiger partial charge on any atom is 0.267 e. The summed E-state index contributed by atoms with van der Waals surface area (Å²) in [5.41, 5.74) is 3.24. The van der Waals surface area contributed by atoms with Crippen LogP contribution < -0.4 is 10.9 Å². The van der Waals surface area contributed by atoms with Crippen LogP contribution in [0.3, 0.4) is 0 Å². The van der Waals surface area contributed by atoms with Crippen LogP contribution in [0.4, 0.5) is 5.69 Å². The second kappa shape index (κ2) is 8.16. The molecule has 2 aliphatic heterocycles. The first-order chi connectivity index (χ1) is 15.1. The van der Waals surface area contributed by atoms with Crippen LogP contribution in [0.2, 0.25) is 0 Å². The van der Waals surface area contributed by atoms with Crippen LogP contribution in [-0.2, 0) is 4.79 Å². The van der Waals surface area contributed by atoms with Crippen LogP contribution in [0.15, 0.2) is 69.1 Å². The summed E-state index contributed by atoms with van der Waals surface area (Å²) in [4.78, 5) is 32.8. The van der Waals surface area contributed by atoms with Crippen molar-refractivity contribution in [3.8, 4) is 10.6 Å². The lowest BCUT2D eigenvalue weighted by Gasteiger charge is -2.17. The molecule has 0 fully saturated rings. The lowest BCUT2D eigenvalue weighted by atomic mass is 10.1. The lowest BCUT2D eigenvalue weighted by molar-refractivity contribution is -0.119. The number of aromatic nitrogens is 2. The van der Waals surface area contributed by atoms with Gasteiger partial charge < -0.3 is 10.2 Å². The third-order valence-corrected chi connectivity index (χ3v) is 6.96. The van der Waals surface area contributed by atoms with E-state index in [0.29, 0.717) is 11.4 Å². The van der Waals surface area contributed by atoms with E-state index in [4.69, 9.17) is 0 Å². The average Bonchev–Trinajstić information content (AvgIpc) is 3.53. The minimum absolute atomic E-state index is 0.296. The van der Waals surface area contributed by atoms with E-state index >= 15 is 0 Å². The molecular formula is C22H19N5O2S2. The molecule has 9 heteroatoms. The van der Waals surface area contributed by atoms with Gasteiger partial charge in [0.2, 0.25) is 5.91 Å². The maximum atomic E-state index is 12.8. The van der Waals surface area contributed by atoms with E-state index in [9.17, 15) is 9.59 Å². The Morgan fingerprint density at radius 2 is 2.00 bits per heavy atom. The van der Waals surface area contributed by atoms with Crippen LogP contribution in [-0.4, -0.2) is 38.8 Å². The van der Waals surface area contributed by atoms with Gasteiger partial charge >= 0.3 is 0 Å². The molecule has 1 aromatic carbocycles. The van der Waals surface area contributed by atoms with Gasteiger partial charge in [-0.05, 0) is 42.1 Å². The van der Waals surface area contributed by atoms with Crippen LogP contribution in [0.1, 0.15) is 18.5 Å². The minimum atomic E-state index is -0.746. The molecule has 7 nitrogen and oxygen atoms in total. The minimum Gasteiger partial charge on any atom is -0.324 e. The topological polar surface area (TPSA) is 79.6 Å². The number of aliphatic imine (C=N–C) groups is 1. The van der Waals surface area contributed by atoms with Gasteiger partial charge in [0.25, 0.3) is 5.56 Å². The van der Waals surface area contributed by atoms with Crippen molar-refractivity contribution < 1.29 is 4.79 Å². The van der Waals surface area contributed by atoms with E-state index in [0.717, 1.165) is 34.4 Å². The molecule has 0 spiro atoms. The number of thiophene rings is 1. The third-order valence-electron chi connectivity index (χ3n) is 5.16. The van der Waals surface area contributed by atoms with Crippen molar-refractivity contribution >= 4 is 45.6 Å². The van der Waals surface area contributed by atoms with Gasteiger partial charge in [0.15, 0.2) is 5.17 Å². The normalized spacial score (nSPS) is 16.0. The Hall–Kier alpha value is -3.17. The smallest absolute Gasteiger partial charge is 0.267 e. The molecule has 0 saturated heterocycles. The van der Waals surface area contributed by atoms with Gasteiger partial charge in [-0.25, -0.2) is 4.68 Å². The third kappa shape index (κ3) is 3.82. The molecule has 0 saturated carbocycles. The number of amidine groups is 1. The Morgan fingerprint density at radius 1 is 1.16 bits per heavy atom. The molecule has 31 heavy (non-hydrogen) atoms. The number of hydrogen-bond acceptors (Lipinski definition) is 7. The predicted octanol–water partition coefficient (Wildman–Crippen LogP) is 3.89. The molecular weight excluding hydrogens is 430 g/mol. The van der Waals surface area contributed by atoms with Crippen LogP contribution in [0.25, 0.3) is 16.3 Å². The fourth-order valence-corrected chi connectivity index (χ4v) is 5.14. The Bertz CT molecular complexity index is 1250. The molecule has 5 rings (SSSR count). The summed E-state index contributed by atoms with van der Waals surface area (Å²) < 4.78 is 1.23. The fraction of sp³-hybridized carbons (Fsp3) is 0.182. The second-order valence-electron chi connectivity index (χ2n) is 7.16. The average molecular weight is 450 g/mol. The van der Waals surface area contributed by atoms with Gasteiger partial charge in [-0.1, -0.05) is 30.0 Å². The van der Waals surface area contributed by atoms with Crippen LogP contribution in [0.5, 0.6) is 0 Å². The van der Waals surface area contributed by atoms with Gasteiger partial charge in [-0.15, -0.1) is 11.3 Å². The number of hydrogen-bond donors (Lipinski definition) is 1. The lowest BCUT2D eigenvalue weighted by Crippen LogP contribution is -2.33.